The summed E-state index contributed by atoms with van der Waals surface area (Å²) in [7, 11) is 2.05. The van der Waals surface area contributed by atoms with Gasteiger partial charge in [0.2, 0.25) is 5.91 Å². The number of hydrogen-bond acceptors (Lipinski definition) is 2. The lowest BCUT2D eigenvalue weighted by Crippen LogP contribution is -2.81. The molecule has 1 saturated heterocycles. The van der Waals surface area contributed by atoms with E-state index in [1.807, 2.05) is 18.9 Å². The standard InChI is InChI=1S/C17H26N2OS/c1-12-15(20)19(11-10-18-5)16(21-12)13-6-8-14(9-7-13)17(2,3)4/h6-9,12,16,18H,10-11H2,1-5H3/p+1/t12-,16+/m0/s1. The van der Waals surface area contributed by atoms with Crippen molar-refractivity contribution in [2.45, 2.75) is 43.7 Å². The van der Waals surface area contributed by atoms with Gasteiger partial charge in [0.05, 0.1) is 25.4 Å². The molecular formula is C17H27N2OS+. The van der Waals surface area contributed by atoms with E-state index in [4.69, 9.17) is 0 Å². The van der Waals surface area contributed by atoms with Gasteiger partial charge in [-0.15, -0.1) is 11.8 Å². The molecule has 1 aliphatic heterocycles. The smallest absolute Gasteiger partial charge is 0.236 e. The molecular weight excluding hydrogens is 280 g/mol. The molecule has 1 aromatic carbocycles. The molecule has 1 aliphatic rings. The Hall–Kier alpha value is -1.00. The number of hydrogen-bond donors (Lipinski definition) is 1. The Balaban J connectivity index is 2.21. The molecule has 0 spiro atoms. The van der Waals surface area contributed by atoms with E-state index in [0.29, 0.717) is 0 Å². The van der Waals surface area contributed by atoms with Gasteiger partial charge in [0.25, 0.3) is 0 Å². The second kappa shape index (κ2) is 6.41. The molecule has 0 bridgehead atoms. The van der Waals surface area contributed by atoms with E-state index < -0.39 is 0 Å². The first-order valence-electron chi connectivity index (χ1n) is 7.69. The van der Waals surface area contributed by atoms with Crippen molar-refractivity contribution < 1.29 is 10.1 Å². The van der Waals surface area contributed by atoms with Crippen molar-refractivity contribution in [3.63, 3.8) is 0 Å². The maximum absolute atomic E-state index is 12.3. The summed E-state index contributed by atoms with van der Waals surface area (Å²) < 4.78 is 0. The van der Waals surface area contributed by atoms with Crippen molar-refractivity contribution in [3.05, 3.63) is 35.4 Å². The zero-order valence-corrected chi connectivity index (χ0v) is 14.5. The third-order valence-electron chi connectivity index (χ3n) is 3.97. The summed E-state index contributed by atoms with van der Waals surface area (Å²) in [6, 6.07) is 8.78. The first-order valence-corrected chi connectivity index (χ1v) is 8.63. The number of quaternary nitrogens is 1. The minimum absolute atomic E-state index is 0.0640. The Labute approximate surface area is 132 Å². The van der Waals surface area contributed by atoms with Gasteiger partial charge in [-0.3, -0.25) is 4.79 Å². The molecule has 0 aliphatic carbocycles. The highest BCUT2D eigenvalue weighted by atomic mass is 32.2. The van der Waals surface area contributed by atoms with Crippen LogP contribution in [-0.4, -0.2) is 36.2 Å². The summed E-state index contributed by atoms with van der Waals surface area (Å²) in [6.45, 7) is 10.5. The molecule has 0 unspecified atom stereocenters. The lowest BCUT2D eigenvalue weighted by molar-refractivity contribution is -0.626. The van der Waals surface area contributed by atoms with Crippen LogP contribution in [0.2, 0.25) is 0 Å². The third kappa shape index (κ3) is 3.61. The summed E-state index contributed by atoms with van der Waals surface area (Å²) in [6.07, 6.45) is 0. The third-order valence-corrected chi connectivity index (χ3v) is 5.36. The minimum Gasteiger partial charge on any atom is -0.347 e. The number of nitrogens with two attached hydrogens (primary N) is 1. The topological polar surface area (TPSA) is 36.9 Å². The van der Waals surface area contributed by atoms with Crippen molar-refractivity contribution in [3.8, 4) is 0 Å². The molecule has 2 atom stereocenters. The van der Waals surface area contributed by atoms with Crippen LogP contribution in [-0.2, 0) is 10.2 Å². The quantitative estimate of drug-likeness (QED) is 0.925. The fourth-order valence-corrected chi connectivity index (χ4v) is 3.89. The van der Waals surface area contributed by atoms with Gasteiger partial charge in [0.15, 0.2) is 0 Å². The molecule has 1 heterocycles. The van der Waals surface area contributed by atoms with Crippen LogP contribution < -0.4 is 5.32 Å². The van der Waals surface area contributed by atoms with Gasteiger partial charge in [0, 0.05) is 0 Å². The number of benzene rings is 1. The predicted molar refractivity (Wildman–Crippen MR) is 89.4 cm³/mol. The fraction of sp³-hybridized carbons (Fsp3) is 0.588. The van der Waals surface area contributed by atoms with Crippen molar-refractivity contribution >= 4 is 17.7 Å². The van der Waals surface area contributed by atoms with Crippen molar-refractivity contribution in [2.24, 2.45) is 0 Å². The Morgan fingerprint density at radius 2 is 1.86 bits per heavy atom. The maximum atomic E-state index is 12.3. The molecule has 1 aromatic rings. The molecule has 3 nitrogen and oxygen atoms in total. The number of likely N-dealkylation sites (N-methyl/N-ethyl adjacent to an activating group) is 1. The molecule has 2 N–H and O–H groups in total. The zero-order valence-electron chi connectivity index (χ0n) is 13.7. The highest BCUT2D eigenvalue weighted by Crippen LogP contribution is 2.42. The molecule has 21 heavy (non-hydrogen) atoms. The molecule has 1 fully saturated rings. The summed E-state index contributed by atoms with van der Waals surface area (Å²) in [5, 5.41) is 2.36. The van der Waals surface area contributed by atoms with Gasteiger partial charge < -0.3 is 10.2 Å². The van der Waals surface area contributed by atoms with Gasteiger partial charge in [-0.25, -0.2) is 0 Å². The summed E-state index contributed by atoms with van der Waals surface area (Å²) in [4.78, 5) is 14.3. The molecule has 116 valence electrons. The van der Waals surface area contributed by atoms with E-state index in [0.717, 1.165) is 13.1 Å². The first-order chi connectivity index (χ1) is 9.84. The van der Waals surface area contributed by atoms with Crippen molar-refractivity contribution in [1.82, 2.24) is 4.90 Å². The number of rotatable bonds is 4. The average molecular weight is 307 g/mol. The second-order valence-corrected chi connectivity index (χ2v) is 8.16. The Morgan fingerprint density at radius 3 is 2.38 bits per heavy atom. The monoisotopic (exact) mass is 307 g/mol. The summed E-state index contributed by atoms with van der Waals surface area (Å²) in [5.41, 5.74) is 2.74. The number of nitrogens with zero attached hydrogens (tertiary/aromatic N) is 1. The van der Waals surface area contributed by atoms with Crippen LogP contribution in [0.5, 0.6) is 0 Å². The van der Waals surface area contributed by atoms with Crippen LogP contribution >= 0.6 is 11.8 Å². The fourth-order valence-electron chi connectivity index (χ4n) is 2.58. The van der Waals surface area contributed by atoms with Crippen molar-refractivity contribution in [1.29, 1.82) is 0 Å². The van der Waals surface area contributed by atoms with E-state index in [9.17, 15) is 4.79 Å². The maximum Gasteiger partial charge on any atom is 0.236 e. The number of thioether (sulfide) groups is 1. The molecule has 2 rings (SSSR count). The highest BCUT2D eigenvalue weighted by Gasteiger charge is 2.38. The Morgan fingerprint density at radius 1 is 1.24 bits per heavy atom. The average Bonchev–Trinajstić information content (AvgIpc) is 2.72. The molecule has 0 radical (unpaired) electrons. The van der Waals surface area contributed by atoms with Crippen LogP contribution in [0.15, 0.2) is 24.3 Å². The van der Waals surface area contributed by atoms with Gasteiger partial charge in [-0.1, -0.05) is 45.0 Å². The lowest BCUT2D eigenvalue weighted by atomic mass is 9.86. The summed E-state index contributed by atoms with van der Waals surface area (Å²) >= 11 is 1.76. The molecule has 1 amide bonds. The second-order valence-electron chi connectivity index (χ2n) is 6.73. The zero-order chi connectivity index (χ0) is 15.6. The van der Waals surface area contributed by atoms with Crippen molar-refractivity contribution in [2.75, 3.05) is 20.1 Å². The minimum atomic E-state index is 0.0640. The van der Waals surface area contributed by atoms with Crippen LogP contribution in [0.25, 0.3) is 0 Å². The predicted octanol–water partition coefficient (Wildman–Crippen LogP) is 2.14. The highest BCUT2D eigenvalue weighted by molar-refractivity contribution is 8.01. The van der Waals surface area contributed by atoms with Gasteiger partial charge in [-0.05, 0) is 23.5 Å². The first kappa shape index (κ1) is 16.4. The Kier molecular flexibility index (Phi) is 4.99. The molecule has 0 saturated carbocycles. The van der Waals surface area contributed by atoms with E-state index in [1.165, 1.54) is 11.1 Å². The van der Waals surface area contributed by atoms with Gasteiger partial charge in [-0.2, -0.15) is 0 Å². The normalized spacial score (nSPS) is 22.9. The Bertz CT molecular complexity index is 493. The van der Waals surface area contributed by atoms with Crippen LogP contribution in [0.4, 0.5) is 0 Å². The largest absolute Gasteiger partial charge is 0.347 e. The van der Waals surface area contributed by atoms with Crippen LogP contribution in [0, 0.1) is 0 Å². The van der Waals surface area contributed by atoms with Crippen LogP contribution in [0.1, 0.15) is 44.2 Å². The van der Waals surface area contributed by atoms with E-state index in [1.54, 1.807) is 11.8 Å². The number of amides is 1. The van der Waals surface area contributed by atoms with Gasteiger partial charge >= 0.3 is 0 Å². The van der Waals surface area contributed by atoms with E-state index >= 15 is 0 Å². The molecule has 4 heteroatoms. The number of carbonyl (C=O) groups is 1. The van der Waals surface area contributed by atoms with Gasteiger partial charge in [0.1, 0.15) is 5.37 Å². The number of carbonyl (C=O) groups excluding carboxylic acids is 1. The van der Waals surface area contributed by atoms with Crippen LogP contribution in [0.3, 0.4) is 0 Å². The van der Waals surface area contributed by atoms with E-state index in [-0.39, 0.29) is 21.9 Å². The summed E-state index contributed by atoms with van der Waals surface area (Å²) in [5.74, 6) is 0.270. The molecule has 0 aromatic heterocycles. The lowest BCUT2D eigenvalue weighted by Gasteiger charge is -2.24. The van der Waals surface area contributed by atoms with E-state index in [2.05, 4.69) is 50.4 Å². The SMILES string of the molecule is C[NH2+]CCN1C(=O)[C@H](C)S[C@@H]1c1ccc(C(C)(C)C)cc1.